The van der Waals surface area contributed by atoms with Gasteiger partial charge in [-0.05, 0) is 54.8 Å². The lowest BCUT2D eigenvalue weighted by atomic mass is 10.1. The second-order valence-corrected chi connectivity index (χ2v) is 10.2. The van der Waals surface area contributed by atoms with E-state index in [1.807, 2.05) is 42.5 Å². The second kappa shape index (κ2) is 9.71. The lowest BCUT2D eigenvalue weighted by molar-refractivity contribution is -0.122. The van der Waals surface area contributed by atoms with E-state index in [0.29, 0.717) is 30.8 Å². The molecule has 0 saturated carbocycles. The summed E-state index contributed by atoms with van der Waals surface area (Å²) in [5.41, 5.74) is 12.9. The summed E-state index contributed by atoms with van der Waals surface area (Å²) in [5, 5.41) is 7.65. The Morgan fingerprint density at radius 3 is 2.92 bits per heavy atom. The van der Waals surface area contributed by atoms with E-state index >= 15 is 0 Å². The summed E-state index contributed by atoms with van der Waals surface area (Å²) in [5.74, 6) is 1.62. The van der Waals surface area contributed by atoms with Gasteiger partial charge in [0.15, 0.2) is 5.58 Å². The zero-order valence-electron chi connectivity index (χ0n) is 22.1. The monoisotopic (exact) mass is 538 g/mol. The average Bonchev–Trinajstić information content (AvgIpc) is 3.66. The van der Waals surface area contributed by atoms with Crippen molar-refractivity contribution < 1.29 is 18.7 Å². The van der Waals surface area contributed by atoms with Crippen molar-refractivity contribution >= 4 is 45.3 Å². The Labute approximate surface area is 230 Å². The molecule has 2 aromatic heterocycles. The molecule has 0 radical (unpaired) electrons. The highest BCUT2D eigenvalue weighted by Gasteiger charge is 2.32. The molecule has 2 aliphatic rings. The number of ether oxygens (including phenoxy) is 2. The second-order valence-electron chi connectivity index (χ2n) is 10.2. The zero-order chi connectivity index (χ0) is 27.2. The maximum absolute atomic E-state index is 13.3. The fraction of sp³-hybridized carbons (Fsp3) is 0.267. The van der Waals surface area contributed by atoms with Crippen molar-refractivity contribution in [3.63, 3.8) is 0 Å². The maximum Gasteiger partial charge on any atom is 0.292 e. The van der Waals surface area contributed by atoms with Crippen molar-refractivity contribution in [2.45, 2.75) is 25.4 Å². The van der Waals surface area contributed by atoms with Crippen molar-refractivity contribution in [2.75, 3.05) is 42.8 Å². The molecule has 0 spiro atoms. The van der Waals surface area contributed by atoms with E-state index in [1.54, 1.807) is 7.11 Å². The molecule has 0 unspecified atom stereocenters. The van der Waals surface area contributed by atoms with Gasteiger partial charge in [0, 0.05) is 37.0 Å². The number of benzene rings is 3. The third-order valence-corrected chi connectivity index (χ3v) is 7.71. The molecule has 5 aromatic rings. The standard InChI is InChI=1S/C30H30N6O4/c1-38-20-7-4-17(5-8-20)16-33-29(37)23-3-2-11-36(23)19-14-22-26-25(15-19)39-12-10-32-28(26)27(34-22)18-6-9-24-21(13-18)35-30(31)40-24/h4-9,13-15,23,32,34H,2-3,10-12,16H2,1H3,(H2,31,35)(H,33,37)/t23-/m0/s1. The molecular weight excluding hydrogens is 508 g/mol. The number of nitrogen functional groups attached to an aromatic ring is 1. The number of aromatic nitrogens is 2. The predicted molar refractivity (Wildman–Crippen MR) is 155 cm³/mol. The van der Waals surface area contributed by atoms with Gasteiger partial charge in [0.2, 0.25) is 5.91 Å². The molecule has 1 atom stereocenters. The van der Waals surface area contributed by atoms with Crippen LogP contribution >= 0.6 is 0 Å². The van der Waals surface area contributed by atoms with Crippen LogP contribution in [-0.2, 0) is 11.3 Å². The highest BCUT2D eigenvalue weighted by Crippen LogP contribution is 2.44. The fourth-order valence-electron chi connectivity index (χ4n) is 5.79. The largest absolute Gasteiger partial charge is 0.497 e. The lowest BCUT2D eigenvalue weighted by Gasteiger charge is -2.26. The topological polar surface area (TPSA) is 131 Å². The van der Waals surface area contributed by atoms with E-state index in [4.69, 9.17) is 19.6 Å². The van der Waals surface area contributed by atoms with E-state index in [9.17, 15) is 4.79 Å². The predicted octanol–water partition coefficient (Wildman–Crippen LogP) is 4.66. The Morgan fingerprint density at radius 2 is 2.08 bits per heavy atom. The molecule has 2 aliphatic heterocycles. The number of carbonyl (C=O) groups is 1. The first-order valence-corrected chi connectivity index (χ1v) is 13.5. The van der Waals surface area contributed by atoms with Gasteiger partial charge in [-0.25, -0.2) is 0 Å². The van der Waals surface area contributed by atoms with E-state index in [-0.39, 0.29) is 18.0 Å². The highest BCUT2D eigenvalue weighted by atomic mass is 16.5. The smallest absolute Gasteiger partial charge is 0.292 e. The summed E-state index contributed by atoms with van der Waals surface area (Å²) >= 11 is 0. The van der Waals surface area contributed by atoms with Crippen LogP contribution in [0.4, 0.5) is 17.4 Å². The number of carbonyl (C=O) groups excluding carboxylic acids is 1. The number of rotatable bonds is 6. The van der Waals surface area contributed by atoms with Gasteiger partial charge in [-0.1, -0.05) is 12.1 Å². The Morgan fingerprint density at radius 1 is 1.20 bits per heavy atom. The first-order valence-electron chi connectivity index (χ1n) is 13.5. The van der Waals surface area contributed by atoms with E-state index in [1.165, 1.54) is 0 Å². The van der Waals surface area contributed by atoms with Crippen molar-refractivity contribution in [1.29, 1.82) is 0 Å². The number of methoxy groups -OCH3 is 1. The fourth-order valence-corrected chi connectivity index (χ4v) is 5.79. The SMILES string of the molecule is COc1ccc(CNC(=O)[C@@H]2CCCN2c2cc3c4c(c(-c5ccc6oc(N)nc6c5)[nH]c4c2)NCCO3)cc1. The van der Waals surface area contributed by atoms with Crippen LogP contribution in [0.15, 0.2) is 59.0 Å². The molecule has 4 heterocycles. The Bertz CT molecular complexity index is 1720. The Hall–Kier alpha value is -4.86. The first-order chi connectivity index (χ1) is 19.6. The molecule has 40 heavy (non-hydrogen) atoms. The van der Waals surface area contributed by atoms with Crippen LogP contribution in [0.3, 0.4) is 0 Å². The third-order valence-electron chi connectivity index (χ3n) is 7.71. The highest BCUT2D eigenvalue weighted by molar-refractivity contribution is 6.07. The number of aromatic amines is 1. The molecule has 1 fully saturated rings. The summed E-state index contributed by atoms with van der Waals surface area (Å²) in [6.45, 7) is 2.48. The van der Waals surface area contributed by atoms with Crippen LogP contribution < -0.4 is 30.7 Å². The number of nitrogens with zero attached hydrogens (tertiary/aromatic N) is 2. The molecule has 10 heteroatoms. The minimum Gasteiger partial charge on any atom is -0.497 e. The zero-order valence-corrected chi connectivity index (χ0v) is 22.1. The summed E-state index contributed by atoms with van der Waals surface area (Å²) in [6, 6.07) is 17.7. The summed E-state index contributed by atoms with van der Waals surface area (Å²) in [6.07, 6.45) is 1.74. The Balaban J connectivity index is 1.20. The van der Waals surface area contributed by atoms with Crippen LogP contribution in [0.5, 0.6) is 11.5 Å². The van der Waals surface area contributed by atoms with Crippen molar-refractivity contribution in [1.82, 2.24) is 15.3 Å². The quantitative estimate of drug-likeness (QED) is 0.246. The van der Waals surface area contributed by atoms with Gasteiger partial charge in [0.05, 0.1) is 29.4 Å². The van der Waals surface area contributed by atoms with Crippen LogP contribution in [0, 0.1) is 0 Å². The number of nitrogens with two attached hydrogens (primary N) is 1. The number of hydrogen-bond acceptors (Lipinski definition) is 8. The Kier molecular flexibility index (Phi) is 5.87. The number of nitrogens with one attached hydrogen (secondary N) is 3. The maximum atomic E-state index is 13.3. The van der Waals surface area contributed by atoms with Crippen LogP contribution in [0.25, 0.3) is 33.3 Å². The molecule has 1 saturated heterocycles. The van der Waals surface area contributed by atoms with Gasteiger partial charge in [-0.3, -0.25) is 4.79 Å². The molecule has 5 N–H and O–H groups in total. The molecule has 0 bridgehead atoms. The first kappa shape index (κ1) is 24.2. The number of H-pyrrole nitrogens is 1. The third kappa shape index (κ3) is 4.21. The molecule has 1 amide bonds. The molecular formula is C30H30N6O4. The molecule has 10 nitrogen and oxygen atoms in total. The van der Waals surface area contributed by atoms with Gasteiger partial charge < -0.3 is 40.1 Å². The van der Waals surface area contributed by atoms with Crippen LogP contribution in [0.2, 0.25) is 0 Å². The number of oxazole rings is 1. The number of anilines is 3. The van der Waals surface area contributed by atoms with Gasteiger partial charge >= 0.3 is 0 Å². The molecule has 0 aliphatic carbocycles. The summed E-state index contributed by atoms with van der Waals surface area (Å²) < 4.78 is 16.9. The van der Waals surface area contributed by atoms with Gasteiger partial charge in [-0.2, -0.15) is 4.98 Å². The van der Waals surface area contributed by atoms with Gasteiger partial charge in [0.25, 0.3) is 6.01 Å². The van der Waals surface area contributed by atoms with E-state index in [2.05, 4.69) is 37.6 Å². The molecule has 7 rings (SSSR count). The summed E-state index contributed by atoms with van der Waals surface area (Å²) in [7, 11) is 1.64. The number of hydrogen-bond donors (Lipinski definition) is 4. The molecule has 3 aromatic carbocycles. The van der Waals surface area contributed by atoms with Crippen molar-refractivity contribution in [3.05, 3.63) is 60.2 Å². The van der Waals surface area contributed by atoms with Crippen LogP contribution in [-0.4, -0.2) is 48.7 Å². The molecule has 204 valence electrons. The minimum atomic E-state index is -0.249. The van der Waals surface area contributed by atoms with E-state index in [0.717, 1.165) is 70.0 Å². The van der Waals surface area contributed by atoms with E-state index < -0.39 is 0 Å². The van der Waals surface area contributed by atoms with Crippen molar-refractivity contribution in [3.8, 4) is 22.8 Å². The lowest BCUT2D eigenvalue weighted by Crippen LogP contribution is -2.43. The van der Waals surface area contributed by atoms with Gasteiger partial charge in [0.1, 0.15) is 29.7 Å². The number of amides is 1. The van der Waals surface area contributed by atoms with Crippen molar-refractivity contribution in [2.24, 2.45) is 0 Å². The number of fused-ring (bicyclic) bond motifs is 1. The normalized spacial score (nSPS) is 16.5. The summed E-state index contributed by atoms with van der Waals surface area (Å²) in [4.78, 5) is 23.4. The van der Waals surface area contributed by atoms with Crippen LogP contribution in [0.1, 0.15) is 18.4 Å². The average molecular weight is 539 g/mol. The minimum absolute atomic E-state index is 0.0231. The van der Waals surface area contributed by atoms with Gasteiger partial charge in [-0.15, -0.1) is 0 Å².